The van der Waals surface area contributed by atoms with Crippen molar-refractivity contribution in [2.45, 2.75) is 17.2 Å². The number of ether oxygens (including phenoxy) is 1. The number of nitrogens with one attached hydrogen (secondary N) is 1. The lowest BCUT2D eigenvalue weighted by Crippen LogP contribution is -2.44. The summed E-state index contributed by atoms with van der Waals surface area (Å²) in [6.07, 6.45) is -6.57. The number of hydrogen-bond donors (Lipinski definition) is 2. The quantitative estimate of drug-likeness (QED) is 0.447. The Bertz CT molecular complexity index is 1050. The van der Waals surface area contributed by atoms with E-state index in [9.17, 15) is 26.4 Å². The second-order valence-corrected chi connectivity index (χ2v) is 8.81. The second-order valence-electron chi connectivity index (χ2n) is 6.07. The monoisotopic (exact) mass is 542 g/mol. The van der Waals surface area contributed by atoms with Crippen LogP contribution in [0.15, 0.2) is 47.4 Å². The molecule has 0 bridgehead atoms. The van der Waals surface area contributed by atoms with Crippen LogP contribution in [0.5, 0.6) is 5.75 Å². The first-order chi connectivity index (χ1) is 13.5. The number of sulfonamides is 1. The van der Waals surface area contributed by atoms with E-state index < -0.39 is 38.9 Å². The van der Waals surface area contributed by atoms with Crippen LogP contribution in [-0.4, -0.2) is 36.7 Å². The summed E-state index contributed by atoms with van der Waals surface area (Å²) in [7, 11) is -4.37. The van der Waals surface area contributed by atoms with Crippen molar-refractivity contribution < 1.29 is 36.2 Å². The lowest BCUT2D eigenvalue weighted by atomic mass is 10.2. The zero-order valence-electron chi connectivity index (χ0n) is 14.5. The first-order valence-corrected chi connectivity index (χ1v) is 11.1. The van der Waals surface area contributed by atoms with Crippen molar-refractivity contribution in [3.05, 3.63) is 48.0 Å². The molecule has 1 aliphatic heterocycles. The van der Waals surface area contributed by atoms with Gasteiger partial charge in [0.2, 0.25) is 0 Å². The third-order valence-electron chi connectivity index (χ3n) is 4.06. The number of alkyl halides is 4. The highest BCUT2D eigenvalue weighted by Gasteiger charge is 2.37. The maximum absolute atomic E-state index is 13.2. The molecule has 156 valence electrons. The number of hydrogen-bond acceptors (Lipinski definition) is 4. The van der Waals surface area contributed by atoms with Crippen molar-refractivity contribution in [2.24, 2.45) is 0 Å². The van der Waals surface area contributed by atoms with Gasteiger partial charge in [0.05, 0.1) is 22.7 Å². The molecule has 1 unspecified atom stereocenters. The maximum atomic E-state index is 13.2. The van der Waals surface area contributed by atoms with E-state index in [4.69, 9.17) is 9.84 Å². The van der Waals surface area contributed by atoms with Crippen molar-refractivity contribution >= 4 is 50.1 Å². The molecule has 0 spiro atoms. The van der Waals surface area contributed by atoms with Crippen LogP contribution < -0.4 is 14.4 Å². The molecule has 1 heterocycles. The number of fused-ring (bicyclic) bond motifs is 1. The standard InChI is InChI=1S/C17H14F3IN2O5S/c18-17(19,20)10-2-1-3-13(6-10)29(26,27)23-9-12(8-21)28-15-5-4-11(7-14(15)23)22-16(24)25/h1-7,12,22H,8-9H2,(H,24,25). The van der Waals surface area contributed by atoms with Crippen LogP contribution in [0, 0.1) is 0 Å². The summed E-state index contributed by atoms with van der Waals surface area (Å²) in [6, 6.07) is 7.54. The van der Waals surface area contributed by atoms with Crippen molar-refractivity contribution in [1.29, 1.82) is 0 Å². The van der Waals surface area contributed by atoms with Crippen LogP contribution in [-0.2, 0) is 16.2 Å². The number of carbonyl (C=O) groups is 1. The Hall–Kier alpha value is -2.22. The molecule has 7 nitrogen and oxygen atoms in total. The fourth-order valence-electron chi connectivity index (χ4n) is 2.78. The number of nitrogens with zero attached hydrogens (tertiary/aromatic N) is 1. The molecule has 0 fully saturated rings. The summed E-state index contributed by atoms with van der Waals surface area (Å²) in [5, 5.41) is 11.0. The minimum atomic E-state index is -4.70. The average molecular weight is 542 g/mol. The lowest BCUT2D eigenvalue weighted by Gasteiger charge is -2.35. The van der Waals surface area contributed by atoms with E-state index in [0.29, 0.717) is 10.5 Å². The number of carboxylic acid groups (broad SMARTS) is 1. The number of benzene rings is 2. The molecule has 0 aromatic heterocycles. The Morgan fingerprint density at radius 3 is 2.62 bits per heavy atom. The van der Waals surface area contributed by atoms with E-state index in [1.54, 1.807) is 0 Å². The third kappa shape index (κ3) is 4.52. The van der Waals surface area contributed by atoms with Gasteiger partial charge < -0.3 is 9.84 Å². The van der Waals surface area contributed by atoms with Gasteiger partial charge in [-0.05, 0) is 36.4 Å². The Balaban J connectivity index is 2.10. The van der Waals surface area contributed by atoms with Crippen LogP contribution in [0.3, 0.4) is 0 Å². The molecular weight excluding hydrogens is 528 g/mol. The maximum Gasteiger partial charge on any atom is 0.416 e. The molecule has 3 rings (SSSR count). The van der Waals surface area contributed by atoms with Crippen molar-refractivity contribution in [3.8, 4) is 5.75 Å². The Labute approximate surface area is 177 Å². The number of amides is 1. The van der Waals surface area contributed by atoms with Gasteiger partial charge in [-0.25, -0.2) is 13.2 Å². The SMILES string of the molecule is O=C(O)Nc1ccc2c(c1)N(S(=O)(=O)c1cccc(C(F)(F)F)c1)CC(CI)O2. The third-order valence-corrected chi connectivity index (χ3v) is 6.82. The molecule has 2 N–H and O–H groups in total. The molecule has 1 atom stereocenters. The summed E-state index contributed by atoms with van der Waals surface area (Å²) in [4.78, 5) is 10.4. The lowest BCUT2D eigenvalue weighted by molar-refractivity contribution is -0.137. The normalized spacial score (nSPS) is 16.7. The molecule has 0 saturated heterocycles. The average Bonchev–Trinajstić information content (AvgIpc) is 2.66. The number of rotatable bonds is 4. The number of halogens is 4. The van der Waals surface area contributed by atoms with E-state index in [1.165, 1.54) is 18.2 Å². The van der Waals surface area contributed by atoms with Crippen LogP contribution in [0.25, 0.3) is 0 Å². The highest BCUT2D eigenvalue weighted by Crippen LogP contribution is 2.40. The molecule has 2 aromatic rings. The molecule has 0 aliphatic carbocycles. The van der Waals surface area contributed by atoms with E-state index in [1.807, 2.05) is 22.6 Å². The summed E-state index contributed by atoms with van der Waals surface area (Å²) in [5.74, 6) is 0.185. The molecule has 2 aromatic carbocycles. The predicted molar refractivity (Wildman–Crippen MR) is 107 cm³/mol. The van der Waals surface area contributed by atoms with E-state index in [2.05, 4.69) is 5.32 Å². The van der Waals surface area contributed by atoms with Crippen molar-refractivity contribution in [2.75, 3.05) is 20.6 Å². The van der Waals surface area contributed by atoms with Gasteiger partial charge in [0.15, 0.2) is 0 Å². The topological polar surface area (TPSA) is 95.9 Å². The van der Waals surface area contributed by atoms with Crippen molar-refractivity contribution in [3.63, 3.8) is 0 Å². The van der Waals surface area contributed by atoms with Gasteiger partial charge in [-0.15, -0.1) is 0 Å². The molecular formula is C17H14F3IN2O5S. The summed E-state index contributed by atoms with van der Waals surface area (Å²) in [5.41, 5.74) is -0.953. The molecule has 0 radical (unpaired) electrons. The molecule has 12 heteroatoms. The van der Waals surface area contributed by atoms with Gasteiger partial charge in [-0.3, -0.25) is 9.62 Å². The van der Waals surface area contributed by atoms with Gasteiger partial charge in [-0.1, -0.05) is 28.7 Å². The minimum absolute atomic E-state index is 0.0368. The minimum Gasteiger partial charge on any atom is -0.486 e. The van der Waals surface area contributed by atoms with Gasteiger partial charge in [0, 0.05) is 10.1 Å². The highest BCUT2D eigenvalue weighted by atomic mass is 127. The fraction of sp³-hybridized carbons (Fsp3) is 0.235. The van der Waals surface area contributed by atoms with Gasteiger partial charge >= 0.3 is 12.3 Å². The van der Waals surface area contributed by atoms with Crippen LogP contribution >= 0.6 is 22.6 Å². The van der Waals surface area contributed by atoms with E-state index >= 15 is 0 Å². The largest absolute Gasteiger partial charge is 0.486 e. The molecule has 1 amide bonds. The molecule has 29 heavy (non-hydrogen) atoms. The first-order valence-electron chi connectivity index (χ1n) is 8.09. The fourth-order valence-corrected chi connectivity index (χ4v) is 4.78. The van der Waals surface area contributed by atoms with Gasteiger partial charge in [-0.2, -0.15) is 13.2 Å². The highest BCUT2D eigenvalue weighted by molar-refractivity contribution is 14.1. The Kier molecular flexibility index (Phi) is 5.85. The van der Waals surface area contributed by atoms with Gasteiger partial charge in [0.1, 0.15) is 11.9 Å². The summed E-state index contributed by atoms with van der Waals surface area (Å²) < 4.78 is 72.6. The number of anilines is 2. The summed E-state index contributed by atoms with van der Waals surface area (Å²) in [6.45, 7) is -0.134. The predicted octanol–water partition coefficient (Wildman–Crippen LogP) is 4.19. The van der Waals surface area contributed by atoms with Crippen LogP contribution in [0.2, 0.25) is 0 Å². The molecule has 1 aliphatic rings. The van der Waals surface area contributed by atoms with E-state index in [0.717, 1.165) is 22.5 Å². The van der Waals surface area contributed by atoms with Crippen LogP contribution in [0.1, 0.15) is 5.56 Å². The summed E-state index contributed by atoms with van der Waals surface area (Å²) >= 11 is 2.01. The first kappa shape index (κ1) is 21.5. The zero-order valence-corrected chi connectivity index (χ0v) is 17.5. The molecule has 0 saturated carbocycles. The zero-order chi connectivity index (χ0) is 21.4. The smallest absolute Gasteiger partial charge is 0.416 e. The van der Waals surface area contributed by atoms with Crippen molar-refractivity contribution in [1.82, 2.24) is 0 Å². The van der Waals surface area contributed by atoms with E-state index in [-0.39, 0.29) is 23.7 Å². The Morgan fingerprint density at radius 1 is 1.28 bits per heavy atom. The Morgan fingerprint density at radius 2 is 2.00 bits per heavy atom. The van der Waals surface area contributed by atoms with Crippen LogP contribution in [0.4, 0.5) is 29.3 Å². The second kappa shape index (κ2) is 7.89. The van der Waals surface area contributed by atoms with Gasteiger partial charge in [0.25, 0.3) is 10.0 Å².